The lowest BCUT2D eigenvalue weighted by molar-refractivity contribution is -0.128. The van der Waals surface area contributed by atoms with Crippen molar-refractivity contribution in [3.05, 3.63) is 0 Å². The van der Waals surface area contributed by atoms with Gasteiger partial charge in [-0.2, -0.15) is 0 Å². The molecule has 1 fully saturated rings. The Bertz CT molecular complexity index is 212. The first-order valence-electron chi connectivity index (χ1n) is 4.93. The minimum absolute atomic E-state index is 0.00454. The molecule has 0 radical (unpaired) electrons. The Morgan fingerprint density at radius 1 is 1.36 bits per heavy atom. The molecule has 5 nitrogen and oxygen atoms in total. The molecule has 3 N–H and O–H groups in total. The molecule has 0 aromatic heterocycles. The fourth-order valence-corrected chi connectivity index (χ4v) is 1.48. The maximum absolute atomic E-state index is 11.5. The van der Waals surface area contributed by atoms with Gasteiger partial charge in [0, 0.05) is 13.0 Å². The van der Waals surface area contributed by atoms with E-state index in [1.165, 1.54) is 0 Å². The summed E-state index contributed by atoms with van der Waals surface area (Å²) in [5.41, 5.74) is 0. The number of carbonyl (C=O) groups is 2. The van der Waals surface area contributed by atoms with E-state index in [2.05, 4.69) is 16.0 Å². The van der Waals surface area contributed by atoms with Crippen molar-refractivity contribution in [2.45, 2.75) is 12.8 Å². The van der Waals surface area contributed by atoms with Crippen LogP contribution in [0.15, 0.2) is 0 Å². The molecule has 0 saturated carbocycles. The first-order valence-corrected chi connectivity index (χ1v) is 4.93. The van der Waals surface area contributed by atoms with E-state index < -0.39 is 0 Å². The van der Waals surface area contributed by atoms with Crippen LogP contribution in [-0.2, 0) is 9.59 Å². The van der Waals surface area contributed by atoms with Gasteiger partial charge in [-0.25, -0.2) is 0 Å². The van der Waals surface area contributed by atoms with Gasteiger partial charge in [0.2, 0.25) is 11.8 Å². The molecule has 0 spiro atoms. The monoisotopic (exact) mass is 199 g/mol. The molecule has 0 atom stereocenters. The van der Waals surface area contributed by atoms with Gasteiger partial charge in [0.1, 0.15) is 0 Å². The van der Waals surface area contributed by atoms with Crippen molar-refractivity contribution in [2.24, 2.45) is 5.92 Å². The average molecular weight is 199 g/mol. The molecule has 1 rings (SSSR count). The van der Waals surface area contributed by atoms with Crippen LogP contribution in [0.3, 0.4) is 0 Å². The number of hydrogen-bond donors (Lipinski definition) is 3. The van der Waals surface area contributed by atoms with Gasteiger partial charge < -0.3 is 16.0 Å². The fraction of sp³-hybridized carbons (Fsp3) is 0.778. The second-order valence-corrected chi connectivity index (χ2v) is 3.42. The van der Waals surface area contributed by atoms with Crippen LogP contribution in [-0.4, -0.2) is 38.5 Å². The van der Waals surface area contributed by atoms with Gasteiger partial charge in [0.05, 0.1) is 6.54 Å². The highest BCUT2D eigenvalue weighted by Crippen LogP contribution is 2.10. The van der Waals surface area contributed by atoms with E-state index >= 15 is 0 Å². The van der Waals surface area contributed by atoms with Crippen LogP contribution in [0, 0.1) is 5.92 Å². The lowest BCUT2D eigenvalue weighted by Crippen LogP contribution is -2.41. The summed E-state index contributed by atoms with van der Waals surface area (Å²) in [6.07, 6.45) is 1.72. The smallest absolute Gasteiger partial charge is 0.239 e. The maximum atomic E-state index is 11.5. The lowest BCUT2D eigenvalue weighted by Gasteiger charge is -2.21. The van der Waals surface area contributed by atoms with Gasteiger partial charge in [-0.15, -0.1) is 0 Å². The average Bonchev–Trinajstić information content (AvgIpc) is 2.26. The van der Waals surface area contributed by atoms with E-state index in [1.807, 2.05) is 0 Å². The van der Waals surface area contributed by atoms with Gasteiger partial charge in [-0.1, -0.05) is 0 Å². The molecule has 0 aromatic carbocycles. The number of likely N-dealkylation sites (N-methyl/N-ethyl adjacent to an activating group) is 1. The number of carbonyl (C=O) groups excluding carboxylic acids is 2. The lowest BCUT2D eigenvalue weighted by atomic mass is 9.97. The molecule has 5 heteroatoms. The Labute approximate surface area is 83.6 Å². The molecule has 0 unspecified atom stereocenters. The van der Waals surface area contributed by atoms with Crippen molar-refractivity contribution < 1.29 is 9.59 Å². The van der Waals surface area contributed by atoms with E-state index in [4.69, 9.17) is 0 Å². The van der Waals surface area contributed by atoms with Crippen molar-refractivity contribution in [1.82, 2.24) is 16.0 Å². The van der Waals surface area contributed by atoms with E-state index in [1.54, 1.807) is 7.05 Å². The van der Waals surface area contributed by atoms with Gasteiger partial charge >= 0.3 is 0 Å². The summed E-state index contributed by atoms with van der Waals surface area (Å²) in [6.45, 7) is 1.86. The van der Waals surface area contributed by atoms with E-state index in [0.717, 1.165) is 25.9 Å². The number of piperidine rings is 1. The zero-order valence-corrected chi connectivity index (χ0v) is 8.43. The second-order valence-electron chi connectivity index (χ2n) is 3.42. The number of hydrogen-bond acceptors (Lipinski definition) is 3. The van der Waals surface area contributed by atoms with E-state index in [-0.39, 0.29) is 24.3 Å². The van der Waals surface area contributed by atoms with Crippen LogP contribution < -0.4 is 16.0 Å². The van der Waals surface area contributed by atoms with Crippen molar-refractivity contribution in [3.8, 4) is 0 Å². The quantitative estimate of drug-likeness (QED) is 0.537. The van der Waals surface area contributed by atoms with Crippen LogP contribution in [0.2, 0.25) is 0 Å². The Hall–Kier alpha value is -1.10. The summed E-state index contributed by atoms with van der Waals surface area (Å²) in [5.74, 6) is -0.0942. The summed E-state index contributed by atoms with van der Waals surface area (Å²) in [4.78, 5) is 22.4. The molecule has 2 amide bonds. The van der Waals surface area contributed by atoms with Crippen LogP contribution in [0.1, 0.15) is 12.8 Å². The van der Waals surface area contributed by atoms with Gasteiger partial charge in [-0.05, 0) is 25.9 Å². The first kappa shape index (κ1) is 11.0. The predicted molar refractivity (Wildman–Crippen MR) is 52.7 cm³/mol. The van der Waals surface area contributed by atoms with Gasteiger partial charge in [0.25, 0.3) is 0 Å². The van der Waals surface area contributed by atoms with Crippen LogP contribution in [0.4, 0.5) is 0 Å². The zero-order valence-electron chi connectivity index (χ0n) is 8.43. The molecular weight excluding hydrogens is 182 g/mol. The summed E-state index contributed by atoms with van der Waals surface area (Å²) >= 11 is 0. The minimum Gasteiger partial charge on any atom is -0.358 e. The minimum atomic E-state index is -0.160. The van der Waals surface area contributed by atoms with Crippen LogP contribution >= 0.6 is 0 Å². The number of rotatable bonds is 3. The molecule has 14 heavy (non-hydrogen) atoms. The zero-order chi connectivity index (χ0) is 10.4. The highest BCUT2D eigenvalue weighted by molar-refractivity contribution is 5.85. The van der Waals surface area contributed by atoms with Crippen molar-refractivity contribution >= 4 is 11.8 Å². The summed E-state index contributed by atoms with van der Waals surface area (Å²) in [7, 11) is 1.55. The maximum Gasteiger partial charge on any atom is 0.239 e. The second kappa shape index (κ2) is 5.59. The largest absolute Gasteiger partial charge is 0.358 e. The van der Waals surface area contributed by atoms with E-state index in [0.29, 0.717) is 0 Å². The van der Waals surface area contributed by atoms with Crippen LogP contribution in [0.25, 0.3) is 0 Å². The highest BCUT2D eigenvalue weighted by atomic mass is 16.2. The van der Waals surface area contributed by atoms with Gasteiger partial charge in [0.15, 0.2) is 0 Å². The Kier molecular flexibility index (Phi) is 4.39. The molecule has 1 aliphatic heterocycles. The van der Waals surface area contributed by atoms with Crippen molar-refractivity contribution in [2.75, 3.05) is 26.7 Å². The normalized spacial score (nSPS) is 17.5. The van der Waals surface area contributed by atoms with E-state index in [9.17, 15) is 9.59 Å². The Morgan fingerprint density at radius 3 is 2.57 bits per heavy atom. The third-order valence-electron chi connectivity index (χ3n) is 2.41. The van der Waals surface area contributed by atoms with Crippen LogP contribution in [0.5, 0.6) is 0 Å². The number of amides is 2. The molecule has 0 bridgehead atoms. The van der Waals surface area contributed by atoms with Gasteiger partial charge in [-0.3, -0.25) is 9.59 Å². The third kappa shape index (κ3) is 3.33. The molecule has 80 valence electrons. The Morgan fingerprint density at radius 2 is 2.00 bits per heavy atom. The molecular formula is C9H17N3O2. The molecule has 1 saturated heterocycles. The third-order valence-corrected chi connectivity index (χ3v) is 2.41. The molecule has 1 aliphatic rings. The topological polar surface area (TPSA) is 70.2 Å². The standard InChI is InChI=1S/C9H17N3O2/c1-10-8(13)6-12-9(14)7-2-4-11-5-3-7/h7,11H,2-6H2,1H3,(H,10,13)(H,12,14). The highest BCUT2D eigenvalue weighted by Gasteiger charge is 2.20. The first-order chi connectivity index (χ1) is 6.74. The predicted octanol–water partition coefficient (Wildman–Crippen LogP) is -1.15. The number of nitrogens with one attached hydrogen (secondary N) is 3. The molecule has 0 aromatic rings. The van der Waals surface area contributed by atoms with Crippen molar-refractivity contribution in [3.63, 3.8) is 0 Å². The molecule has 0 aliphatic carbocycles. The SMILES string of the molecule is CNC(=O)CNC(=O)C1CCNCC1. The summed E-state index contributed by atoms with van der Waals surface area (Å²) in [6, 6.07) is 0. The summed E-state index contributed by atoms with van der Waals surface area (Å²) < 4.78 is 0. The Balaban J connectivity index is 2.23. The fourth-order valence-electron chi connectivity index (χ4n) is 1.48. The molecule has 1 heterocycles. The van der Waals surface area contributed by atoms with Crippen molar-refractivity contribution in [1.29, 1.82) is 0 Å². The summed E-state index contributed by atoms with van der Waals surface area (Å²) in [5, 5.41) is 8.27.